The smallest absolute Gasteiger partial charge is 0.435 e. The Kier molecular flexibility index (Phi) is 9.67. The molecule has 0 bridgehead atoms. The van der Waals surface area contributed by atoms with Crippen LogP contribution in [0.1, 0.15) is 26.2 Å². The molecule has 1 heterocycles. The lowest BCUT2D eigenvalue weighted by molar-refractivity contribution is -0.117. The second kappa shape index (κ2) is 12.0. The van der Waals surface area contributed by atoms with Crippen LogP contribution in [0, 0.1) is 0 Å². The van der Waals surface area contributed by atoms with Gasteiger partial charge in [0, 0.05) is 4.90 Å². The molecule has 1 aliphatic heterocycles. The maximum atomic E-state index is 12.5. The summed E-state index contributed by atoms with van der Waals surface area (Å²) in [7, 11) is 4.85. The number of amidine groups is 1. The Hall–Kier alpha value is -2.04. The quantitative estimate of drug-likeness (QED) is 0.451. The van der Waals surface area contributed by atoms with E-state index in [0.29, 0.717) is 11.4 Å². The molecule has 0 aromatic heterocycles. The van der Waals surface area contributed by atoms with Crippen LogP contribution in [0.5, 0.6) is 0 Å². The highest BCUT2D eigenvalue weighted by Crippen LogP contribution is 2.36. The van der Waals surface area contributed by atoms with Gasteiger partial charge >= 0.3 is 6.09 Å². The number of anilines is 2. The van der Waals surface area contributed by atoms with Gasteiger partial charge in [-0.05, 0) is 44.5 Å². The van der Waals surface area contributed by atoms with Gasteiger partial charge < -0.3 is 15.0 Å². The molecule has 10 heteroatoms. The lowest BCUT2D eigenvalue weighted by atomic mass is 10.2. The van der Waals surface area contributed by atoms with E-state index < -0.39 is 6.09 Å². The molecule has 1 aromatic carbocycles. The van der Waals surface area contributed by atoms with Crippen molar-refractivity contribution < 1.29 is 19.1 Å². The molecule has 1 N–H and O–H groups in total. The van der Waals surface area contributed by atoms with Crippen molar-refractivity contribution in [1.82, 2.24) is 4.90 Å². The fourth-order valence-electron chi connectivity index (χ4n) is 2.72. The lowest BCUT2D eigenvalue weighted by Gasteiger charge is -2.21. The first-order valence-corrected chi connectivity index (χ1v) is 11.7. The van der Waals surface area contributed by atoms with E-state index in [-0.39, 0.29) is 29.3 Å². The summed E-state index contributed by atoms with van der Waals surface area (Å²) in [5, 5.41) is 3.14. The number of benzene rings is 1. The van der Waals surface area contributed by atoms with Gasteiger partial charge in [-0.25, -0.2) is 4.79 Å². The summed E-state index contributed by atoms with van der Waals surface area (Å²) < 4.78 is 4.60. The van der Waals surface area contributed by atoms with Gasteiger partial charge in [0.05, 0.1) is 30.8 Å². The van der Waals surface area contributed by atoms with Gasteiger partial charge in [-0.1, -0.05) is 31.5 Å². The Morgan fingerprint density at radius 2 is 2.10 bits per heavy atom. The minimum absolute atomic E-state index is 0.161. The van der Waals surface area contributed by atoms with Gasteiger partial charge in [0.2, 0.25) is 11.8 Å². The SMILES string of the molecule is CCCCCSc1ccc(N2C(=O)CS/C2=N/C(=O)OC)c(NC(=O)CN(C)C)c1. The number of hydrogen-bond acceptors (Lipinski definition) is 7. The Balaban J connectivity index is 2.35. The Morgan fingerprint density at radius 1 is 1.33 bits per heavy atom. The molecule has 0 saturated carbocycles. The summed E-state index contributed by atoms with van der Waals surface area (Å²) in [5.41, 5.74) is 0.994. The molecular weight excluding hydrogens is 424 g/mol. The highest BCUT2D eigenvalue weighted by atomic mass is 32.2. The standard InChI is InChI=1S/C20H28N4O4S2/c1-5-6-7-10-29-14-8-9-16(15(11-14)21-17(25)12-23(2)3)24-18(26)13-30-19(24)22-20(27)28-4/h8-9,11H,5-7,10,12-13H2,1-4H3,(H,21,25)/b22-19+. The van der Waals surface area contributed by atoms with E-state index in [1.807, 2.05) is 26.2 Å². The number of thioether (sulfide) groups is 2. The third kappa shape index (κ3) is 7.03. The van der Waals surface area contributed by atoms with Crippen LogP contribution in [0.15, 0.2) is 28.1 Å². The van der Waals surface area contributed by atoms with Crippen LogP contribution in [-0.4, -0.2) is 67.2 Å². The fourth-order valence-corrected chi connectivity index (χ4v) is 4.52. The van der Waals surface area contributed by atoms with Gasteiger partial charge in [-0.15, -0.1) is 11.8 Å². The van der Waals surface area contributed by atoms with Crippen LogP contribution in [0.2, 0.25) is 0 Å². The number of carbonyl (C=O) groups is 3. The monoisotopic (exact) mass is 452 g/mol. The number of ether oxygens (including phenoxy) is 1. The molecule has 164 valence electrons. The van der Waals surface area contributed by atoms with E-state index in [2.05, 4.69) is 22.0 Å². The summed E-state index contributed by atoms with van der Waals surface area (Å²) in [4.78, 5) is 44.6. The largest absolute Gasteiger partial charge is 0.451 e. The van der Waals surface area contributed by atoms with Gasteiger partial charge in [0.25, 0.3) is 0 Å². The number of rotatable bonds is 9. The van der Waals surface area contributed by atoms with Gasteiger partial charge in [0.15, 0.2) is 5.17 Å². The summed E-state index contributed by atoms with van der Waals surface area (Å²) in [5.74, 6) is 0.731. The molecule has 2 rings (SSSR count). The molecule has 0 radical (unpaired) electrons. The molecule has 1 aliphatic rings. The van der Waals surface area contributed by atoms with Gasteiger partial charge in [0.1, 0.15) is 0 Å². The topological polar surface area (TPSA) is 91.3 Å². The molecular formula is C20H28N4O4S2. The number of aliphatic imine (C=N–C) groups is 1. The van der Waals surface area contributed by atoms with E-state index in [9.17, 15) is 14.4 Å². The van der Waals surface area contributed by atoms with Crippen molar-refractivity contribution in [2.24, 2.45) is 4.99 Å². The second-order valence-electron chi connectivity index (χ2n) is 6.90. The molecule has 0 unspecified atom stereocenters. The van der Waals surface area contributed by atoms with Crippen molar-refractivity contribution in [1.29, 1.82) is 0 Å². The minimum Gasteiger partial charge on any atom is -0.451 e. The highest BCUT2D eigenvalue weighted by molar-refractivity contribution is 8.15. The first-order valence-electron chi connectivity index (χ1n) is 9.69. The van der Waals surface area contributed by atoms with E-state index in [4.69, 9.17) is 0 Å². The van der Waals surface area contributed by atoms with Crippen LogP contribution in [0.3, 0.4) is 0 Å². The molecule has 30 heavy (non-hydrogen) atoms. The van der Waals surface area contributed by atoms with Crippen molar-refractivity contribution in [2.75, 3.05) is 49.5 Å². The minimum atomic E-state index is -0.779. The van der Waals surface area contributed by atoms with Gasteiger partial charge in [-0.2, -0.15) is 4.99 Å². The first kappa shape index (κ1) is 24.2. The molecule has 1 saturated heterocycles. The van der Waals surface area contributed by atoms with E-state index in [1.54, 1.807) is 22.7 Å². The zero-order valence-electron chi connectivity index (χ0n) is 17.8. The van der Waals surface area contributed by atoms with E-state index in [1.165, 1.54) is 18.4 Å². The van der Waals surface area contributed by atoms with Crippen molar-refractivity contribution in [3.05, 3.63) is 18.2 Å². The number of nitrogens with zero attached hydrogens (tertiary/aromatic N) is 3. The average Bonchev–Trinajstić information content (AvgIpc) is 3.04. The molecule has 0 aliphatic carbocycles. The number of methoxy groups -OCH3 is 1. The van der Waals surface area contributed by atoms with E-state index in [0.717, 1.165) is 35.3 Å². The predicted octanol–water partition coefficient (Wildman–Crippen LogP) is 3.67. The summed E-state index contributed by atoms with van der Waals surface area (Å²) in [6.45, 7) is 2.37. The third-order valence-electron chi connectivity index (χ3n) is 4.09. The summed E-state index contributed by atoms with van der Waals surface area (Å²) in [6.07, 6.45) is 2.66. The molecule has 1 fully saturated rings. The normalized spacial score (nSPS) is 15.2. The van der Waals surface area contributed by atoms with Crippen LogP contribution < -0.4 is 10.2 Å². The van der Waals surface area contributed by atoms with Gasteiger partial charge in [-0.3, -0.25) is 14.5 Å². The number of unbranched alkanes of at least 4 members (excludes halogenated alkanes) is 2. The zero-order chi connectivity index (χ0) is 22.1. The molecule has 8 nitrogen and oxygen atoms in total. The molecule has 0 atom stereocenters. The maximum absolute atomic E-state index is 12.5. The van der Waals surface area contributed by atoms with E-state index >= 15 is 0 Å². The Bertz CT molecular complexity index is 814. The summed E-state index contributed by atoms with van der Waals surface area (Å²) in [6, 6.07) is 5.56. The number of amides is 3. The van der Waals surface area contributed by atoms with Crippen molar-refractivity contribution in [2.45, 2.75) is 31.1 Å². The van der Waals surface area contributed by atoms with Crippen molar-refractivity contribution in [3.8, 4) is 0 Å². The molecule has 0 spiro atoms. The number of hydrogen-bond donors (Lipinski definition) is 1. The predicted molar refractivity (Wildman–Crippen MR) is 124 cm³/mol. The first-order chi connectivity index (χ1) is 14.3. The number of carbonyl (C=O) groups excluding carboxylic acids is 3. The fraction of sp³-hybridized carbons (Fsp3) is 0.500. The second-order valence-corrected chi connectivity index (χ2v) is 9.01. The van der Waals surface area contributed by atoms with Crippen LogP contribution in [-0.2, 0) is 14.3 Å². The van der Waals surface area contributed by atoms with Crippen LogP contribution >= 0.6 is 23.5 Å². The number of nitrogens with one attached hydrogen (secondary N) is 1. The lowest BCUT2D eigenvalue weighted by Crippen LogP contribution is -2.32. The summed E-state index contributed by atoms with van der Waals surface area (Å²) >= 11 is 2.87. The van der Waals surface area contributed by atoms with Crippen molar-refractivity contribution in [3.63, 3.8) is 0 Å². The zero-order valence-corrected chi connectivity index (χ0v) is 19.4. The van der Waals surface area contributed by atoms with Crippen LogP contribution in [0.25, 0.3) is 0 Å². The van der Waals surface area contributed by atoms with Crippen LogP contribution in [0.4, 0.5) is 16.2 Å². The average molecular weight is 453 g/mol. The van der Waals surface area contributed by atoms with Crippen molar-refractivity contribution >= 4 is 58.0 Å². The third-order valence-corrected chi connectivity index (χ3v) is 6.09. The molecule has 1 aromatic rings. The maximum Gasteiger partial charge on any atom is 0.435 e. The number of likely N-dealkylation sites (N-methyl/N-ethyl adjacent to an activating group) is 1. The Morgan fingerprint density at radius 3 is 2.77 bits per heavy atom. The molecule has 3 amide bonds. The highest BCUT2D eigenvalue weighted by Gasteiger charge is 2.32. The Labute approximate surface area is 185 Å².